The fourth-order valence-corrected chi connectivity index (χ4v) is 1.58. The van der Waals surface area contributed by atoms with Crippen molar-refractivity contribution in [3.8, 4) is 0 Å². The highest BCUT2D eigenvalue weighted by atomic mass is 32.2. The van der Waals surface area contributed by atoms with Crippen molar-refractivity contribution >= 4 is 10.7 Å². The average molecular weight is 201 g/mol. The van der Waals surface area contributed by atoms with Crippen LogP contribution in [0.15, 0.2) is 12.1 Å². The number of halogens is 1. The molecule has 0 aliphatic rings. The first kappa shape index (κ1) is 10.2. The molecule has 0 aliphatic carbocycles. The minimum absolute atomic E-state index is 0.135. The van der Waals surface area contributed by atoms with Crippen LogP contribution < -0.4 is 0 Å². The largest absolute Gasteiger partial charge is 0.232 e. The Balaban J connectivity index is 3.07. The van der Waals surface area contributed by atoms with E-state index in [4.69, 9.17) is 0 Å². The highest BCUT2D eigenvalue weighted by Gasteiger charge is 2.06. The van der Waals surface area contributed by atoms with Crippen molar-refractivity contribution in [2.24, 2.45) is 0 Å². The summed E-state index contributed by atoms with van der Waals surface area (Å²) in [5, 5.41) is 0. The summed E-state index contributed by atoms with van der Waals surface area (Å²) in [6.07, 6.45) is 0.559. The van der Waals surface area contributed by atoms with Gasteiger partial charge >= 0.3 is 0 Å². The molecule has 2 nitrogen and oxygen atoms in total. The van der Waals surface area contributed by atoms with Crippen LogP contribution in [-0.4, -0.2) is 8.42 Å². The number of hydrogen-bond donors (Lipinski definition) is 1. The first-order chi connectivity index (χ1) is 6.15. The molecule has 0 bridgehead atoms. The molecule has 0 fully saturated rings. The van der Waals surface area contributed by atoms with Gasteiger partial charge in [-0.05, 0) is 18.1 Å². The molecule has 0 N–H and O–H groups in total. The number of hydrogen-bond acceptors (Lipinski definition) is 2. The van der Waals surface area contributed by atoms with Gasteiger partial charge < -0.3 is 0 Å². The molecule has 1 aromatic carbocycles. The van der Waals surface area contributed by atoms with E-state index in [9.17, 15) is 12.8 Å². The van der Waals surface area contributed by atoms with Crippen LogP contribution in [-0.2, 0) is 22.9 Å². The van der Waals surface area contributed by atoms with Crippen molar-refractivity contribution in [1.82, 2.24) is 0 Å². The third kappa shape index (κ3) is 2.52. The van der Waals surface area contributed by atoms with Crippen molar-refractivity contribution in [2.45, 2.75) is 19.1 Å². The fraction of sp³-hybridized carbons (Fsp3) is 0.333. The summed E-state index contributed by atoms with van der Waals surface area (Å²) >= 11 is 0. The zero-order valence-corrected chi connectivity index (χ0v) is 8.11. The summed E-state index contributed by atoms with van der Waals surface area (Å²) < 4.78 is 34.1. The Hall–Kier alpha value is -0.900. The van der Waals surface area contributed by atoms with Crippen LogP contribution in [0.25, 0.3) is 0 Å². The van der Waals surface area contributed by atoms with Gasteiger partial charge in [0.25, 0.3) is 0 Å². The quantitative estimate of drug-likeness (QED) is 0.748. The van der Waals surface area contributed by atoms with Crippen LogP contribution in [0.2, 0.25) is 0 Å². The second-order valence-electron chi connectivity index (χ2n) is 2.64. The SMILES string of the molecule is CCc1cc[c]c(C[SH](=O)=O)c1F. The molecule has 0 unspecified atom stereocenters. The highest BCUT2D eigenvalue weighted by molar-refractivity contribution is 7.71. The van der Waals surface area contributed by atoms with Crippen molar-refractivity contribution in [3.63, 3.8) is 0 Å². The van der Waals surface area contributed by atoms with E-state index < -0.39 is 16.5 Å². The van der Waals surface area contributed by atoms with Gasteiger partial charge in [-0.2, -0.15) is 0 Å². The van der Waals surface area contributed by atoms with Gasteiger partial charge in [-0.1, -0.05) is 19.1 Å². The van der Waals surface area contributed by atoms with E-state index in [-0.39, 0.29) is 11.3 Å². The standard InChI is InChI=1S/C9H10FO2S/c1-2-7-4-3-5-8(9(7)10)6-13(11)12/h3-4,13H,2,6H2,1H3. The maximum absolute atomic E-state index is 13.3. The number of benzene rings is 1. The normalized spacial score (nSPS) is 10.7. The van der Waals surface area contributed by atoms with Gasteiger partial charge in [0, 0.05) is 5.56 Å². The maximum Gasteiger partial charge on any atom is 0.144 e. The van der Waals surface area contributed by atoms with E-state index in [1.165, 1.54) is 0 Å². The van der Waals surface area contributed by atoms with Crippen LogP contribution in [0.1, 0.15) is 18.1 Å². The summed E-state index contributed by atoms with van der Waals surface area (Å²) in [6.45, 7) is 1.82. The maximum atomic E-state index is 13.3. The molecule has 0 saturated heterocycles. The Morgan fingerprint density at radius 2 is 2.23 bits per heavy atom. The summed E-state index contributed by atoms with van der Waals surface area (Å²) in [5.41, 5.74) is 0.668. The Labute approximate surface area is 78.3 Å². The van der Waals surface area contributed by atoms with Crippen molar-refractivity contribution in [2.75, 3.05) is 0 Å². The average Bonchev–Trinajstić information content (AvgIpc) is 2.08. The molecule has 0 amide bonds. The predicted molar refractivity (Wildman–Crippen MR) is 48.6 cm³/mol. The number of rotatable bonds is 3. The van der Waals surface area contributed by atoms with Crippen LogP contribution in [0, 0.1) is 11.9 Å². The predicted octanol–water partition coefficient (Wildman–Crippen LogP) is 1.30. The van der Waals surface area contributed by atoms with Gasteiger partial charge in [0.05, 0.1) is 5.75 Å². The van der Waals surface area contributed by atoms with Crippen LogP contribution >= 0.6 is 0 Å². The molecular formula is C9H10FO2S. The molecule has 4 heteroatoms. The Morgan fingerprint density at radius 3 is 2.77 bits per heavy atom. The fourth-order valence-electron chi connectivity index (χ4n) is 1.09. The Bertz CT molecular complexity index is 364. The second-order valence-corrected chi connectivity index (χ2v) is 3.62. The van der Waals surface area contributed by atoms with E-state index in [0.29, 0.717) is 12.0 Å². The van der Waals surface area contributed by atoms with E-state index in [0.717, 1.165) is 0 Å². The third-order valence-electron chi connectivity index (χ3n) is 1.76. The highest BCUT2D eigenvalue weighted by Crippen LogP contribution is 2.13. The van der Waals surface area contributed by atoms with E-state index in [1.807, 2.05) is 6.92 Å². The minimum Gasteiger partial charge on any atom is -0.232 e. The molecule has 1 radical (unpaired) electrons. The molecular weight excluding hydrogens is 191 g/mol. The summed E-state index contributed by atoms with van der Waals surface area (Å²) in [5.74, 6) is -0.709. The van der Waals surface area contributed by atoms with Crippen LogP contribution in [0.4, 0.5) is 4.39 Å². The Morgan fingerprint density at radius 1 is 1.54 bits per heavy atom. The lowest BCUT2D eigenvalue weighted by Gasteiger charge is -2.02. The summed E-state index contributed by atoms with van der Waals surface area (Å²) in [6, 6.07) is 5.74. The molecule has 0 atom stereocenters. The van der Waals surface area contributed by atoms with E-state index in [2.05, 4.69) is 6.07 Å². The molecule has 1 aromatic rings. The molecule has 0 aliphatic heterocycles. The third-order valence-corrected chi connectivity index (χ3v) is 2.33. The molecule has 71 valence electrons. The monoisotopic (exact) mass is 201 g/mol. The van der Waals surface area contributed by atoms with Crippen molar-refractivity contribution in [1.29, 1.82) is 0 Å². The molecule has 0 saturated carbocycles. The minimum atomic E-state index is -2.58. The van der Waals surface area contributed by atoms with Crippen molar-refractivity contribution < 1.29 is 12.8 Å². The molecule has 0 spiro atoms. The topological polar surface area (TPSA) is 34.1 Å². The van der Waals surface area contributed by atoms with Gasteiger partial charge in [0.2, 0.25) is 0 Å². The van der Waals surface area contributed by atoms with Crippen molar-refractivity contribution in [3.05, 3.63) is 35.1 Å². The van der Waals surface area contributed by atoms with Gasteiger partial charge in [0.15, 0.2) is 0 Å². The zero-order valence-electron chi connectivity index (χ0n) is 7.21. The zero-order chi connectivity index (χ0) is 9.84. The first-order valence-corrected chi connectivity index (χ1v) is 5.31. The second kappa shape index (κ2) is 4.37. The number of aryl methyl sites for hydroxylation is 1. The lowest BCUT2D eigenvalue weighted by Crippen LogP contribution is -1.96. The van der Waals surface area contributed by atoms with E-state index in [1.54, 1.807) is 12.1 Å². The van der Waals surface area contributed by atoms with Gasteiger partial charge in [-0.3, -0.25) is 0 Å². The lowest BCUT2D eigenvalue weighted by atomic mass is 10.1. The van der Waals surface area contributed by atoms with Crippen LogP contribution in [0.3, 0.4) is 0 Å². The first-order valence-electron chi connectivity index (χ1n) is 3.95. The van der Waals surface area contributed by atoms with Gasteiger partial charge in [-0.15, -0.1) is 0 Å². The van der Waals surface area contributed by atoms with Gasteiger partial charge in [0.1, 0.15) is 16.5 Å². The molecule has 13 heavy (non-hydrogen) atoms. The molecule has 0 aromatic heterocycles. The van der Waals surface area contributed by atoms with E-state index >= 15 is 0 Å². The summed E-state index contributed by atoms with van der Waals surface area (Å²) in [4.78, 5) is 0. The lowest BCUT2D eigenvalue weighted by molar-refractivity contribution is 0.592. The van der Waals surface area contributed by atoms with Gasteiger partial charge in [-0.25, -0.2) is 12.8 Å². The molecule has 1 rings (SSSR count). The molecule has 0 heterocycles. The van der Waals surface area contributed by atoms with Crippen LogP contribution in [0.5, 0.6) is 0 Å². The smallest absolute Gasteiger partial charge is 0.144 e. The Kier molecular flexibility index (Phi) is 3.42. The summed E-state index contributed by atoms with van der Waals surface area (Å²) in [7, 11) is -2.58. The number of thiol groups is 1.